The maximum absolute atomic E-state index is 10.5. The number of aromatic nitrogens is 2. The van der Waals surface area contributed by atoms with Crippen LogP contribution < -0.4 is 5.73 Å². The topological polar surface area (TPSA) is 60.9 Å². The standard InChI is InChI=1S/C6H8IN3O/c1-4-5(7)2-9-10(4)3-6(8)11/h2H,3H2,1H3,(H2,8,11). The molecule has 2 N–H and O–H groups in total. The lowest BCUT2D eigenvalue weighted by Crippen LogP contribution is -2.20. The van der Waals surface area contributed by atoms with Crippen LogP contribution >= 0.6 is 22.6 Å². The molecule has 0 aliphatic heterocycles. The number of amides is 1. The van der Waals surface area contributed by atoms with Crippen LogP contribution in [0.25, 0.3) is 0 Å². The first-order valence-electron chi connectivity index (χ1n) is 3.07. The van der Waals surface area contributed by atoms with E-state index < -0.39 is 0 Å². The molecule has 1 amide bonds. The van der Waals surface area contributed by atoms with E-state index in [1.165, 1.54) is 0 Å². The summed E-state index contributed by atoms with van der Waals surface area (Å²) in [4.78, 5) is 10.5. The lowest BCUT2D eigenvalue weighted by Gasteiger charge is -1.98. The van der Waals surface area contributed by atoms with Gasteiger partial charge in [0.2, 0.25) is 5.91 Å². The summed E-state index contributed by atoms with van der Waals surface area (Å²) >= 11 is 2.16. The summed E-state index contributed by atoms with van der Waals surface area (Å²) in [7, 11) is 0. The molecule has 0 unspecified atom stereocenters. The van der Waals surface area contributed by atoms with E-state index in [0.29, 0.717) is 0 Å². The second-order valence-electron chi connectivity index (χ2n) is 2.20. The Balaban J connectivity index is 2.87. The number of hydrogen-bond donors (Lipinski definition) is 1. The smallest absolute Gasteiger partial charge is 0.239 e. The SMILES string of the molecule is Cc1c(I)cnn1CC(N)=O. The van der Waals surface area contributed by atoms with Crippen molar-refractivity contribution < 1.29 is 4.79 Å². The van der Waals surface area contributed by atoms with Gasteiger partial charge in [-0.1, -0.05) is 0 Å². The van der Waals surface area contributed by atoms with Crippen molar-refractivity contribution in [3.8, 4) is 0 Å². The Hall–Kier alpha value is -0.590. The van der Waals surface area contributed by atoms with Crippen molar-refractivity contribution in [3.63, 3.8) is 0 Å². The normalized spacial score (nSPS) is 10.0. The van der Waals surface area contributed by atoms with E-state index in [2.05, 4.69) is 27.7 Å². The molecule has 1 heterocycles. The van der Waals surface area contributed by atoms with Crippen molar-refractivity contribution in [3.05, 3.63) is 15.5 Å². The highest BCUT2D eigenvalue weighted by Gasteiger charge is 2.04. The van der Waals surface area contributed by atoms with E-state index in [1.54, 1.807) is 10.9 Å². The minimum atomic E-state index is -0.368. The summed E-state index contributed by atoms with van der Waals surface area (Å²) in [6.07, 6.45) is 1.71. The molecule has 0 saturated carbocycles. The van der Waals surface area contributed by atoms with E-state index in [4.69, 9.17) is 5.73 Å². The fraction of sp³-hybridized carbons (Fsp3) is 0.333. The first-order chi connectivity index (χ1) is 5.11. The van der Waals surface area contributed by atoms with Crippen molar-refractivity contribution in [2.75, 3.05) is 0 Å². The average molecular weight is 265 g/mol. The number of nitrogens with two attached hydrogens (primary N) is 1. The van der Waals surface area contributed by atoms with Crippen molar-refractivity contribution in [1.29, 1.82) is 0 Å². The number of carbonyl (C=O) groups excluding carboxylic acids is 1. The summed E-state index contributed by atoms with van der Waals surface area (Å²) in [5.41, 5.74) is 5.98. The van der Waals surface area contributed by atoms with Gasteiger partial charge in [0.05, 0.1) is 9.77 Å². The van der Waals surface area contributed by atoms with Crippen molar-refractivity contribution in [1.82, 2.24) is 9.78 Å². The molecule has 0 radical (unpaired) electrons. The monoisotopic (exact) mass is 265 g/mol. The van der Waals surface area contributed by atoms with Crippen LogP contribution in [0, 0.1) is 10.5 Å². The number of nitrogens with zero attached hydrogens (tertiary/aromatic N) is 2. The van der Waals surface area contributed by atoms with Crippen LogP contribution in [-0.2, 0) is 11.3 Å². The van der Waals surface area contributed by atoms with E-state index >= 15 is 0 Å². The molecule has 4 nitrogen and oxygen atoms in total. The van der Waals surface area contributed by atoms with Crippen molar-refractivity contribution in [2.45, 2.75) is 13.5 Å². The number of hydrogen-bond acceptors (Lipinski definition) is 2. The molecule has 0 bridgehead atoms. The van der Waals surface area contributed by atoms with E-state index in [1.807, 2.05) is 6.92 Å². The Morgan fingerprint density at radius 1 is 1.91 bits per heavy atom. The lowest BCUT2D eigenvalue weighted by molar-refractivity contribution is -0.118. The van der Waals surface area contributed by atoms with Crippen LogP contribution in [0.5, 0.6) is 0 Å². The second kappa shape index (κ2) is 3.21. The van der Waals surface area contributed by atoms with Gasteiger partial charge in [0.15, 0.2) is 0 Å². The molecule has 0 aliphatic rings. The molecule has 1 aromatic rings. The predicted octanol–water partition coefficient (Wildman–Crippen LogP) is 0.281. The quantitative estimate of drug-likeness (QED) is 0.781. The highest BCUT2D eigenvalue weighted by Crippen LogP contribution is 2.08. The molecule has 0 aliphatic carbocycles. The van der Waals surface area contributed by atoms with Gasteiger partial charge in [-0.15, -0.1) is 0 Å². The van der Waals surface area contributed by atoms with Gasteiger partial charge in [-0.2, -0.15) is 5.10 Å². The molecule has 1 aromatic heterocycles. The molecule has 0 fully saturated rings. The van der Waals surface area contributed by atoms with Gasteiger partial charge in [0.1, 0.15) is 6.54 Å². The van der Waals surface area contributed by atoms with Crippen LogP contribution in [-0.4, -0.2) is 15.7 Å². The maximum atomic E-state index is 10.5. The Morgan fingerprint density at radius 3 is 2.91 bits per heavy atom. The van der Waals surface area contributed by atoms with Crippen LogP contribution in [0.3, 0.4) is 0 Å². The van der Waals surface area contributed by atoms with Gasteiger partial charge >= 0.3 is 0 Å². The maximum Gasteiger partial charge on any atom is 0.239 e. The van der Waals surface area contributed by atoms with Crippen LogP contribution in [0.2, 0.25) is 0 Å². The summed E-state index contributed by atoms with van der Waals surface area (Å²) < 4.78 is 2.63. The highest BCUT2D eigenvalue weighted by atomic mass is 127. The molecule has 5 heteroatoms. The second-order valence-corrected chi connectivity index (χ2v) is 3.36. The van der Waals surface area contributed by atoms with E-state index in [9.17, 15) is 4.79 Å². The molecule has 1 rings (SSSR count). The lowest BCUT2D eigenvalue weighted by atomic mass is 10.5. The molecule has 11 heavy (non-hydrogen) atoms. The molecule has 60 valence electrons. The highest BCUT2D eigenvalue weighted by molar-refractivity contribution is 14.1. The van der Waals surface area contributed by atoms with E-state index in [-0.39, 0.29) is 12.5 Å². The predicted molar refractivity (Wildman–Crippen MR) is 48.9 cm³/mol. The van der Waals surface area contributed by atoms with Crippen LogP contribution in [0.1, 0.15) is 5.69 Å². The number of halogens is 1. The third-order valence-corrected chi connectivity index (χ3v) is 2.41. The summed E-state index contributed by atoms with van der Waals surface area (Å²) in [6.45, 7) is 2.06. The molecule has 0 spiro atoms. The number of primary amides is 1. The molecular weight excluding hydrogens is 257 g/mol. The zero-order valence-electron chi connectivity index (χ0n) is 6.04. The minimum absolute atomic E-state index is 0.162. The first kappa shape index (κ1) is 8.51. The van der Waals surface area contributed by atoms with Gasteiger partial charge in [0.25, 0.3) is 0 Å². The Labute approximate surface area is 77.9 Å². The van der Waals surface area contributed by atoms with Gasteiger partial charge in [-0.25, -0.2) is 0 Å². The zero-order chi connectivity index (χ0) is 8.43. The van der Waals surface area contributed by atoms with E-state index in [0.717, 1.165) is 9.26 Å². The van der Waals surface area contributed by atoms with Gasteiger partial charge in [-0.05, 0) is 29.5 Å². The van der Waals surface area contributed by atoms with Crippen molar-refractivity contribution in [2.24, 2.45) is 5.73 Å². The average Bonchev–Trinajstić information content (AvgIpc) is 2.18. The van der Waals surface area contributed by atoms with Crippen LogP contribution in [0.4, 0.5) is 0 Å². The largest absolute Gasteiger partial charge is 0.368 e. The fourth-order valence-corrected chi connectivity index (χ4v) is 1.13. The Morgan fingerprint density at radius 2 is 2.55 bits per heavy atom. The Bertz CT molecular complexity index is 281. The van der Waals surface area contributed by atoms with Gasteiger partial charge < -0.3 is 5.73 Å². The molecular formula is C6H8IN3O. The third-order valence-electron chi connectivity index (χ3n) is 1.35. The zero-order valence-corrected chi connectivity index (χ0v) is 8.20. The molecule has 0 aromatic carbocycles. The number of rotatable bonds is 2. The van der Waals surface area contributed by atoms with Gasteiger partial charge in [-0.3, -0.25) is 9.48 Å². The summed E-state index contributed by atoms with van der Waals surface area (Å²) in [5, 5.41) is 3.96. The molecule has 0 atom stereocenters. The Kier molecular flexibility index (Phi) is 2.48. The summed E-state index contributed by atoms with van der Waals surface area (Å²) in [6, 6.07) is 0. The first-order valence-corrected chi connectivity index (χ1v) is 4.15. The third kappa shape index (κ3) is 1.92. The minimum Gasteiger partial charge on any atom is -0.368 e. The fourth-order valence-electron chi connectivity index (χ4n) is 0.731. The van der Waals surface area contributed by atoms with Gasteiger partial charge in [0, 0.05) is 5.69 Å². The number of carbonyl (C=O) groups is 1. The summed E-state index contributed by atoms with van der Waals surface area (Å²) in [5.74, 6) is -0.368. The van der Waals surface area contributed by atoms with Crippen molar-refractivity contribution >= 4 is 28.5 Å². The van der Waals surface area contributed by atoms with Crippen LogP contribution in [0.15, 0.2) is 6.20 Å². The molecule has 0 saturated heterocycles.